The Hall–Kier alpha value is -3.03. The lowest BCUT2D eigenvalue weighted by Gasteiger charge is -2.16. The van der Waals surface area contributed by atoms with Crippen LogP contribution in [0.25, 0.3) is 10.9 Å². The van der Waals surface area contributed by atoms with E-state index in [-0.39, 0.29) is 18.2 Å². The minimum absolute atomic E-state index is 0.0491. The van der Waals surface area contributed by atoms with Gasteiger partial charge in [-0.3, -0.25) is 9.78 Å². The maximum Gasteiger partial charge on any atom is 0.407 e. The first-order chi connectivity index (χ1) is 14.0. The molecule has 1 aliphatic carbocycles. The van der Waals surface area contributed by atoms with Crippen LogP contribution in [0.4, 0.5) is 16.3 Å². The summed E-state index contributed by atoms with van der Waals surface area (Å²) in [6.45, 7) is 4.01. The number of hydrogen-bond donors (Lipinski definition) is 3. The number of para-hydroxylation sites is 1. The number of carbonyl (C=O) groups excluding carboxylic acids is 1. The number of H-pyrrole nitrogens is 1. The second kappa shape index (κ2) is 8.14. The first kappa shape index (κ1) is 19.3. The van der Waals surface area contributed by atoms with Gasteiger partial charge in [0.1, 0.15) is 6.10 Å². The SMILES string of the molecule is CCC(C)NC(=O)O[C@@H]1CC[C@H](c2cc(Nc3cccc4cnn(C)c34)n[nH]2)C1. The topological polar surface area (TPSA) is 96.9 Å². The summed E-state index contributed by atoms with van der Waals surface area (Å²) >= 11 is 0. The van der Waals surface area contributed by atoms with E-state index in [4.69, 9.17) is 4.74 Å². The molecule has 154 valence electrons. The molecule has 3 N–H and O–H groups in total. The summed E-state index contributed by atoms with van der Waals surface area (Å²) in [6.07, 6.45) is 5.03. The highest BCUT2D eigenvalue weighted by Crippen LogP contribution is 2.36. The molecule has 0 spiro atoms. The minimum atomic E-state index is -0.318. The van der Waals surface area contributed by atoms with Crippen molar-refractivity contribution < 1.29 is 9.53 Å². The molecular weight excluding hydrogens is 368 g/mol. The van der Waals surface area contributed by atoms with Gasteiger partial charge in [-0.05, 0) is 38.7 Å². The summed E-state index contributed by atoms with van der Waals surface area (Å²) in [4.78, 5) is 12.0. The normalized spacial score (nSPS) is 20.0. The third-order valence-corrected chi connectivity index (χ3v) is 5.70. The van der Waals surface area contributed by atoms with Crippen molar-refractivity contribution in [2.45, 2.75) is 57.6 Å². The van der Waals surface area contributed by atoms with E-state index in [0.717, 1.165) is 53.8 Å². The van der Waals surface area contributed by atoms with Gasteiger partial charge in [-0.25, -0.2) is 4.79 Å². The molecule has 0 aliphatic heterocycles. The van der Waals surface area contributed by atoms with Crippen LogP contribution in [-0.2, 0) is 11.8 Å². The smallest absolute Gasteiger partial charge is 0.407 e. The van der Waals surface area contributed by atoms with Gasteiger partial charge in [0.05, 0.1) is 17.4 Å². The maximum absolute atomic E-state index is 12.0. The molecule has 8 heteroatoms. The number of amides is 1. The van der Waals surface area contributed by atoms with Crippen molar-refractivity contribution in [2.24, 2.45) is 7.05 Å². The van der Waals surface area contributed by atoms with Crippen LogP contribution in [0.1, 0.15) is 51.1 Å². The summed E-state index contributed by atoms with van der Waals surface area (Å²) < 4.78 is 7.44. The Morgan fingerprint density at radius 1 is 1.41 bits per heavy atom. The lowest BCUT2D eigenvalue weighted by molar-refractivity contribution is 0.0974. The number of ether oxygens (including phenoxy) is 1. The molecule has 2 heterocycles. The first-order valence-corrected chi connectivity index (χ1v) is 10.2. The largest absolute Gasteiger partial charge is 0.446 e. The Labute approximate surface area is 170 Å². The van der Waals surface area contributed by atoms with Crippen LogP contribution in [0.3, 0.4) is 0 Å². The molecule has 0 radical (unpaired) electrons. The number of aryl methyl sites for hydroxylation is 1. The van der Waals surface area contributed by atoms with E-state index in [9.17, 15) is 4.79 Å². The molecule has 29 heavy (non-hydrogen) atoms. The van der Waals surface area contributed by atoms with E-state index in [1.807, 2.05) is 56.0 Å². The van der Waals surface area contributed by atoms with Crippen LogP contribution < -0.4 is 10.6 Å². The average molecular weight is 396 g/mol. The number of rotatable bonds is 6. The van der Waals surface area contributed by atoms with Gasteiger partial charge in [-0.1, -0.05) is 19.1 Å². The molecule has 1 amide bonds. The summed E-state index contributed by atoms with van der Waals surface area (Å²) in [5.74, 6) is 1.08. The lowest BCUT2D eigenvalue weighted by Crippen LogP contribution is -2.34. The van der Waals surface area contributed by atoms with Crippen molar-refractivity contribution in [1.82, 2.24) is 25.3 Å². The maximum atomic E-state index is 12.0. The van der Waals surface area contributed by atoms with E-state index in [1.165, 1.54) is 0 Å². The molecular formula is C21H28N6O2. The first-order valence-electron chi connectivity index (χ1n) is 10.2. The number of hydrogen-bond acceptors (Lipinski definition) is 5. The monoisotopic (exact) mass is 396 g/mol. The quantitative estimate of drug-likeness (QED) is 0.580. The summed E-state index contributed by atoms with van der Waals surface area (Å²) in [5.41, 5.74) is 3.08. The van der Waals surface area contributed by atoms with E-state index < -0.39 is 0 Å². The zero-order valence-electron chi connectivity index (χ0n) is 17.1. The average Bonchev–Trinajstić information content (AvgIpc) is 3.43. The molecule has 1 saturated carbocycles. The van der Waals surface area contributed by atoms with Crippen LogP contribution in [0.5, 0.6) is 0 Å². The Morgan fingerprint density at radius 2 is 2.28 bits per heavy atom. The lowest BCUT2D eigenvalue weighted by atomic mass is 10.0. The fourth-order valence-electron chi connectivity index (χ4n) is 3.90. The molecule has 1 aromatic carbocycles. The molecule has 0 bridgehead atoms. The minimum Gasteiger partial charge on any atom is -0.446 e. The fourth-order valence-corrected chi connectivity index (χ4v) is 3.90. The van der Waals surface area contributed by atoms with Gasteiger partial charge in [0, 0.05) is 36.2 Å². The van der Waals surface area contributed by atoms with Crippen LogP contribution in [0, 0.1) is 0 Å². The van der Waals surface area contributed by atoms with E-state index in [1.54, 1.807) is 0 Å². The van der Waals surface area contributed by atoms with Gasteiger partial charge in [-0.15, -0.1) is 0 Å². The van der Waals surface area contributed by atoms with Gasteiger partial charge >= 0.3 is 6.09 Å². The number of aromatic nitrogens is 4. The van der Waals surface area contributed by atoms with E-state index in [0.29, 0.717) is 5.92 Å². The van der Waals surface area contributed by atoms with Crippen molar-refractivity contribution in [1.29, 1.82) is 0 Å². The highest BCUT2D eigenvalue weighted by molar-refractivity contribution is 5.92. The Morgan fingerprint density at radius 3 is 3.10 bits per heavy atom. The van der Waals surface area contributed by atoms with E-state index >= 15 is 0 Å². The number of carbonyl (C=O) groups is 1. The molecule has 4 rings (SSSR count). The van der Waals surface area contributed by atoms with Crippen molar-refractivity contribution in [2.75, 3.05) is 5.32 Å². The standard InChI is InChI=1S/C21H28N6O2/c1-4-13(2)23-21(28)29-16-9-8-14(10-16)18-11-19(26-25-18)24-17-7-5-6-15-12-22-27(3)20(15)17/h5-7,11-14,16H,4,8-10H2,1-3H3,(H,23,28)(H2,24,25,26)/t13?,14-,16+/m0/s1. The van der Waals surface area contributed by atoms with Gasteiger partial charge in [-0.2, -0.15) is 10.2 Å². The summed E-state index contributed by atoms with van der Waals surface area (Å²) in [6, 6.07) is 8.24. The number of alkyl carbamates (subject to hydrolysis) is 1. The van der Waals surface area contributed by atoms with Gasteiger partial charge < -0.3 is 15.4 Å². The molecule has 3 aromatic rings. The Bertz CT molecular complexity index is 994. The molecule has 1 fully saturated rings. The highest BCUT2D eigenvalue weighted by Gasteiger charge is 2.30. The van der Waals surface area contributed by atoms with Crippen LogP contribution >= 0.6 is 0 Å². The third kappa shape index (κ3) is 4.21. The van der Waals surface area contributed by atoms with Crippen LogP contribution in [0.2, 0.25) is 0 Å². The van der Waals surface area contributed by atoms with Crippen molar-refractivity contribution in [3.05, 3.63) is 36.2 Å². The van der Waals surface area contributed by atoms with Crippen LogP contribution in [-0.4, -0.2) is 38.2 Å². The molecule has 1 unspecified atom stereocenters. The number of benzene rings is 1. The number of nitrogens with one attached hydrogen (secondary N) is 3. The molecule has 0 saturated heterocycles. The predicted octanol–water partition coefficient (Wildman–Crippen LogP) is 4.20. The number of nitrogens with zero attached hydrogens (tertiary/aromatic N) is 3. The second-order valence-corrected chi connectivity index (χ2v) is 7.84. The van der Waals surface area contributed by atoms with Gasteiger partial charge in [0.2, 0.25) is 0 Å². The van der Waals surface area contributed by atoms with E-state index in [2.05, 4.69) is 25.9 Å². The predicted molar refractivity (Wildman–Crippen MR) is 112 cm³/mol. The fraction of sp³-hybridized carbons (Fsp3) is 0.476. The zero-order chi connectivity index (χ0) is 20.4. The molecule has 3 atom stereocenters. The van der Waals surface area contributed by atoms with Gasteiger partial charge in [0.15, 0.2) is 5.82 Å². The van der Waals surface area contributed by atoms with Crippen LogP contribution in [0.15, 0.2) is 30.5 Å². The number of aromatic amines is 1. The highest BCUT2D eigenvalue weighted by atomic mass is 16.6. The molecule has 2 aromatic heterocycles. The second-order valence-electron chi connectivity index (χ2n) is 7.84. The van der Waals surface area contributed by atoms with Gasteiger partial charge in [0.25, 0.3) is 0 Å². The number of fused-ring (bicyclic) bond motifs is 1. The summed E-state index contributed by atoms with van der Waals surface area (Å²) in [5, 5.41) is 19.2. The molecule has 8 nitrogen and oxygen atoms in total. The Kier molecular flexibility index (Phi) is 5.42. The third-order valence-electron chi connectivity index (χ3n) is 5.70. The van der Waals surface area contributed by atoms with Crippen molar-refractivity contribution in [3.63, 3.8) is 0 Å². The van der Waals surface area contributed by atoms with Crippen molar-refractivity contribution >= 4 is 28.5 Å². The zero-order valence-corrected chi connectivity index (χ0v) is 17.1. The Balaban J connectivity index is 1.38. The summed E-state index contributed by atoms with van der Waals surface area (Å²) in [7, 11) is 1.93. The molecule has 1 aliphatic rings. The number of anilines is 2. The van der Waals surface area contributed by atoms with Crippen molar-refractivity contribution in [3.8, 4) is 0 Å².